The summed E-state index contributed by atoms with van der Waals surface area (Å²) in [4.78, 5) is 12.6. The van der Waals surface area contributed by atoms with Crippen molar-refractivity contribution >= 4 is 5.97 Å². The number of aryl methyl sites for hydroxylation is 1. The molecular formula is C20H21FLiNO2. The van der Waals surface area contributed by atoms with Crippen molar-refractivity contribution in [2.75, 3.05) is 20.1 Å². The molecule has 0 bridgehead atoms. The van der Waals surface area contributed by atoms with Crippen LogP contribution in [0.15, 0.2) is 48.5 Å². The van der Waals surface area contributed by atoms with Gasteiger partial charge in [0.15, 0.2) is 0 Å². The minimum Gasteiger partial charge on any atom is -0.549 e. The molecule has 126 valence electrons. The topological polar surface area (TPSA) is 43.4 Å². The first-order chi connectivity index (χ1) is 11.5. The molecule has 0 aliphatic heterocycles. The van der Waals surface area contributed by atoms with Crippen LogP contribution in [0.1, 0.15) is 29.0 Å². The number of carboxylic acid groups (broad SMARTS) is 1. The summed E-state index contributed by atoms with van der Waals surface area (Å²) >= 11 is 0. The number of carbonyl (C=O) groups excluding carboxylic acids is 1. The molecule has 0 saturated heterocycles. The molecule has 5 heteroatoms. The Kier molecular flexibility index (Phi) is 6.84. The van der Waals surface area contributed by atoms with Crippen molar-refractivity contribution in [2.24, 2.45) is 5.92 Å². The third kappa shape index (κ3) is 4.73. The zero-order valence-electron chi connectivity index (χ0n) is 14.7. The largest absolute Gasteiger partial charge is 1.00 e. The summed E-state index contributed by atoms with van der Waals surface area (Å²) in [7, 11) is 1.80. The predicted octanol–water partition coefficient (Wildman–Crippen LogP) is -0.794. The molecule has 2 aromatic carbocycles. The van der Waals surface area contributed by atoms with Gasteiger partial charge < -0.3 is 14.8 Å². The molecule has 1 aliphatic rings. The number of fused-ring (bicyclic) bond motifs is 1. The Bertz CT molecular complexity index is 723. The SMILES string of the molecule is CN(CC(=O)[O-])CC1CCc2cc(F)ccc2C1c1ccccc1.[Li+]. The van der Waals surface area contributed by atoms with E-state index in [2.05, 4.69) is 12.1 Å². The van der Waals surface area contributed by atoms with Gasteiger partial charge in [-0.2, -0.15) is 0 Å². The molecule has 3 nitrogen and oxygen atoms in total. The van der Waals surface area contributed by atoms with Crippen LogP contribution in [0.25, 0.3) is 0 Å². The van der Waals surface area contributed by atoms with Crippen molar-refractivity contribution in [3.63, 3.8) is 0 Å². The normalized spacial score (nSPS) is 19.2. The van der Waals surface area contributed by atoms with Crippen LogP contribution in [-0.2, 0) is 11.2 Å². The second-order valence-electron chi connectivity index (χ2n) is 6.60. The number of hydrogen-bond acceptors (Lipinski definition) is 3. The number of halogens is 1. The van der Waals surface area contributed by atoms with Crippen LogP contribution in [0.4, 0.5) is 4.39 Å². The van der Waals surface area contributed by atoms with Gasteiger partial charge in [0.25, 0.3) is 0 Å². The molecule has 0 spiro atoms. The van der Waals surface area contributed by atoms with Crippen LogP contribution in [-0.4, -0.2) is 31.0 Å². The molecule has 0 fully saturated rings. The van der Waals surface area contributed by atoms with Gasteiger partial charge in [0, 0.05) is 19.0 Å². The van der Waals surface area contributed by atoms with Crippen LogP contribution >= 0.6 is 0 Å². The molecule has 1 aliphatic carbocycles. The van der Waals surface area contributed by atoms with Crippen LogP contribution in [0.3, 0.4) is 0 Å². The first-order valence-electron chi connectivity index (χ1n) is 8.26. The minimum atomic E-state index is -1.06. The Balaban J connectivity index is 0.00000225. The fourth-order valence-electron chi connectivity index (χ4n) is 3.85. The quantitative estimate of drug-likeness (QED) is 0.674. The van der Waals surface area contributed by atoms with Gasteiger partial charge in [0.05, 0.1) is 5.97 Å². The summed E-state index contributed by atoms with van der Waals surface area (Å²) in [6, 6.07) is 15.2. The molecule has 2 atom stereocenters. The Labute approximate surface area is 160 Å². The zero-order valence-corrected chi connectivity index (χ0v) is 14.7. The molecule has 2 aromatic rings. The van der Waals surface area contributed by atoms with Crippen LogP contribution < -0.4 is 24.0 Å². The Hall–Kier alpha value is -1.60. The van der Waals surface area contributed by atoms with Gasteiger partial charge in [0.1, 0.15) is 5.82 Å². The van der Waals surface area contributed by atoms with Gasteiger partial charge in [-0.15, -0.1) is 0 Å². The first kappa shape index (κ1) is 19.7. The van der Waals surface area contributed by atoms with Gasteiger partial charge in [-0.1, -0.05) is 36.4 Å². The number of likely N-dealkylation sites (N-methyl/N-ethyl adjacent to an activating group) is 1. The molecule has 0 saturated carbocycles. The molecule has 0 heterocycles. The van der Waals surface area contributed by atoms with Gasteiger partial charge in [-0.3, -0.25) is 0 Å². The number of carboxylic acids is 1. The Morgan fingerprint density at radius 3 is 2.64 bits per heavy atom. The van der Waals surface area contributed by atoms with Crippen molar-refractivity contribution in [3.05, 3.63) is 71.0 Å². The third-order valence-electron chi connectivity index (χ3n) is 4.80. The molecule has 0 amide bonds. The predicted molar refractivity (Wildman–Crippen MR) is 89.0 cm³/mol. The Morgan fingerprint density at radius 1 is 1.24 bits per heavy atom. The maximum atomic E-state index is 13.6. The van der Waals surface area contributed by atoms with E-state index in [1.807, 2.05) is 24.3 Å². The summed E-state index contributed by atoms with van der Waals surface area (Å²) in [5, 5.41) is 10.8. The fourth-order valence-corrected chi connectivity index (χ4v) is 3.85. The number of nitrogens with zero attached hydrogens (tertiary/aromatic N) is 1. The van der Waals surface area contributed by atoms with E-state index in [9.17, 15) is 14.3 Å². The summed E-state index contributed by atoms with van der Waals surface area (Å²) in [6.07, 6.45) is 1.73. The summed E-state index contributed by atoms with van der Waals surface area (Å²) in [5.74, 6) is -0.824. The van der Waals surface area contributed by atoms with Gasteiger partial charge >= 0.3 is 18.9 Å². The summed E-state index contributed by atoms with van der Waals surface area (Å²) < 4.78 is 13.6. The first-order valence-corrected chi connectivity index (χ1v) is 8.26. The second-order valence-corrected chi connectivity index (χ2v) is 6.60. The van der Waals surface area contributed by atoms with Crippen molar-refractivity contribution in [1.29, 1.82) is 0 Å². The number of hydrogen-bond donors (Lipinski definition) is 0. The number of rotatable bonds is 5. The minimum absolute atomic E-state index is 0. The summed E-state index contributed by atoms with van der Waals surface area (Å²) in [5.41, 5.74) is 3.40. The van der Waals surface area contributed by atoms with Crippen molar-refractivity contribution in [2.45, 2.75) is 18.8 Å². The number of carbonyl (C=O) groups is 1. The molecule has 3 rings (SSSR count). The average molecular weight is 333 g/mol. The van der Waals surface area contributed by atoms with E-state index in [4.69, 9.17) is 0 Å². The molecule has 0 aromatic heterocycles. The van der Waals surface area contributed by atoms with Crippen molar-refractivity contribution < 1.29 is 33.2 Å². The van der Waals surface area contributed by atoms with Crippen molar-refractivity contribution in [3.8, 4) is 0 Å². The van der Waals surface area contributed by atoms with E-state index in [-0.39, 0.29) is 43.1 Å². The molecule has 2 unspecified atom stereocenters. The van der Waals surface area contributed by atoms with E-state index in [1.165, 1.54) is 11.6 Å². The third-order valence-corrected chi connectivity index (χ3v) is 4.80. The van der Waals surface area contributed by atoms with E-state index < -0.39 is 5.97 Å². The van der Waals surface area contributed by atoms with E-state index in [1.54, 1.807) is 18.0 Å². The molecule has 0 N–H and O–H groups in total. The van der Waals surface area contributed by atoms with Crippen LogP contribution in [0, 0.1) is 11.7 Å². The zero-order chi connectivity index (χ0) is 17.1. The van der Waals surface area contributed by atoms with Crippen LogP contribution in [0.2, 0.25) is 0 Å². The maximum Gasteiger partial charge on any atom is 1.00 e. The number of benzene rings is 2. The maximum absolute atomic E-state index is 13.6. The summed E-state index contributed by atoms with van der Waals surface area (Å²) in [6.45, 7) is 0.596. The standard InChI is InChI=1S/C20H22FNO2.Li/c1-22(13-19(23)24)12-16-8-7-15-11-17(21)9-10-18(15)20(16)14-5-3-2-4-6-14;/h2-6,9-11,16,20H,7-8,12-13H2,1H3,(H,23,24);/q;+1/p-1. The Morgan fingerprint density at radius 2 is 1.96 bits per heavy atom. The van der Waals surface area contributed by atoms with Gasteiger partial charge in [0.2, 0.25) is 0 Å². The average Bonchev–Trinajstić information content (AvgIpc) is 2.54. The van der Waals surface area contributed by atoms with Crippen molar-refractivity contribution in [1.82, 2.24) is 4.90 Å². The van der Waals surface area contributed by atoms with Gasteiger partial charge in [-0.25, -0.2) is 4.39 Å². The van der Waals surface area contributed by atoms with Gasteiger partial charge in [-0.05, 0) is 54.6 Å². The van der Waals surface area contributed by atoms with Crippen LogP contribution in [0.5, 0.6) is 0 Å². The second kappa shape index (κ2) is 8.67. The monoisotopic (exact) mass is 333 g/mol. The molecular weight excluding hydrogens is 312 g/mol. The van der Waals surface area contributed by atoms with E-state index in [0.29, 0.717) is 6.54 Å². The molecule has 25 heavy (non-hydrogen) atoms. The smallest absolute Gasteiger partial charge is 0.549 e. The van der Waals surface area contributed by atoms with E-state index in [0.717, 1.165) is 24.0 Å². The molecule has 0 radical (unpaired) electrons. The number of aliphatic carboxylic acids is 1. The fraction of sp³-hybridized carbons (Fsp3) is 0.350. The van der Waals surface area contributed by atoms with E-state index >= 15 is 0 Å².